The fourth-order valence-electron chi connectivity index (χ4n) is 1.50. The molecule has 100 valence electrons. The van der Waals surface area contributed by atoms with E-state index in [2.05, 4.69) is 15.9 Å². The maximum absolute atomic E-state index is 6.10. The van der Waals surface area contributed by atoms with Gasteiger partial charge in [-0.15, -0.1) is 11.8 Å². The first kappa shape index (κ1) is 14.6. The smallest absolute Gasteiger partial charge is 0.120 e. The lowest BCUT2D eigenvalue weighted by atomic mass is 10.3. The Morgan fingerprint density at radius 1 is 1.21 bits per heavy atom. The molecule has 2 N–H and O–H groups in total. The molecule has 5 heteroatoms. The highest BCUT2D eigenvalue weighted by Crippen LogP contribution is 2.28. The van der Waals surface area contributed by atoms with Crippen molar-refractivity contribution in [2.75, 3.05) is 18.1 Å². The number of rotatable bonds is 5. The summed E-state index contributed by atoms with van der Waals surface area (Å²) in [4.78, 5) is 1.02. The quantitative estimate of drug-likeness (QED) is 0.471. The summed E-state index contributed by atoms with van der Waals surface area (Å²) in [5.41, 5.74) is 6.33. The Kier molecular flexibility index (Phi) is 5.43. The first-order chi connectivity index (χ1) is 9.15. The summed E-state index contributed by atoms with van der Waals surface area (Å²) in [5.74, 6) is 1.69. The SMILES string of the molecule is Nc1ccc(SCCOc2cccc(Br)c2)c(Cl)c1. The first-order valence-corrected chi connectivity index (χ1v) is 7.87. The fraction of sp³-hybridized carbons (Fsp3) is 0.143. The average molecular weight is 359 g/mol. The number of halogens is 2. The summed E-state index contributed by atoms with van der Waals surface area (Å²) in [7, 11) is 0. The van der Waals surface area contributed by atoms with Gasteiger partial charge in [0.2, 0.25) is 0 Å². The zero-order chi connectivity index (χ0) is 13.7. The third-order valence-electron chi connectivity index (χ3n) is 2.36. The minimum absolute atomic E-state index is 0.627. The van der Waals surface area contributed by atoms with Crippen molar-refractivity contribution in [2.45, 2.75) is 4.90 Å². The molecular weight excluding hydrogens is 346 g/mol. The molecule has 0 aliphatic carbocycles. The van der Waals surface area contributed by atoms with Crippen LogP contribution in [0, 0.1) is 0 Å². The van der Waals surface area contributed by atoms with Gasteiger partial charge in [0.15, 0.2) is 0 Å². The van der Waals surface area contributed by atoms with Crippen molar-refractivity contribution in [3.63, 3.8) is 0 Å². The number of hydrogen-bond acceptors (Lipinski definition) is 3. The maximum Gasteiger partial charge on any atom is 0.120 e. The van der Waals surface area contributed by atoms with Gasteiger partial charge in [-0.1, -0.05) is 33.6 Å². The second-order valence-electron chi connectivity index (χ2n) is 3.84. The van der Waals surface area contributed by atoms with Crippen LogP contribution in [0.3, 0.4) is 0 Å². The molecule has 0 spiro atoms. The lowest BCUT2D eigenvalue weighted by Crippen LogP contribution is -2.00. The van der Waals surface area contributed by atoms with Crippen molar-refractivity contribution in [3.05, 3.63) is 52.0 Å². The molecule has 2 nitrogen and oxygen atoms in total. The van der Waals surface area contributed by atoms with Crippen LogP contribution < -0.4 is 10.5 Å². The van der Waals surface area contributed by atoms with Gasteiger partial charge >= 0.3 is 0 Å². The van der Waals surface area contributed by atoms with Crippen LogP contribution in [-0.4, -0.2) is 12.4 Å². The van der Waals surface area contributed by atoms with Gasteiger partial charge in [-0.05, 0) is 36.4 Å². The van der Waals surface area contributed by atoms with Gasteiger partial charge in [0, 0.05) is 20.8 Å². The molecule has 0 heterocycles. The van der Waals surface area contributed by atoms with E-state index in [1.165, 1.54) is 0 Å². The van der Waals surface area contributed by atoms with Crippen molar-refractivity contribution >= 4 is 45.0 Å². The molecule has 0 aliphatic rings. The van der Waals surface area contributed by atoms with E-state index in [9.17, 15) is 0 Å². The van der Waals surface area contributed by atoms with E-state index in [1.807, 2.05) is 36.4 Å². The van der Waals surface area contributed by atoms with Gasteiger partial charge in [0.25, 0.3) is 0 Å². The molecule has 0 saturated heterocycles. The minimum Gasteiger partial charge on any atom is -0.493 e. The van der Waals surface area contributed by atoms with Crippen LogP contribution in [-0.2, 0) is 0 Å². The highest BCUT2D eigenvalue weighted by atomic mass is 79.9. The molecule has 0 unspecified atom stereocenters. The Morgan fingerprint density at radius 3 is 2.79 bits per heavy atom. The van der Waals surface area contributed by atoms with Crippen molar-refractivity contribution in [1.29, 1.82) is 0 Å². The van der Waals surface area contributed by atoms with E-state index in [-0.39, 0.29) is 0 Å². The van der Waals surface area contributed by atoms with E-state index in [4.69, 9.17) is 22.1 Å². The highest BCUT2D eigenvalue weighted by Gasteiger charge is 2.02. The van der Waals surface area contributed by atoms with Crippen LogP contribution in [0.2, 0.25) is 5.02 Å². The van der Waals surface area contributed by atoms with Gasteiger partial charge in [-0.3, -0.25) is 0 Å². The fourth-order valence-corrected chi connectivity index (χ4v) is 2.98. The second-order valence-corrected chi connectivity index (χ2v) is 6.30. The minimum atomic E-state index is 0.627. The standard InChI is InChI=1S/C14H13BrClNOS/c15-10-2-1-3-12(8-10)18-6-7-19-14-5-4-11(17)9-13(14)16/h1-5,8-9H,6-7,17H2. The molecule has 0 bridgehead atoms. The number of nitrogen functional groups attached to an aromatic ring is 1. The molecule has 2 aromatic carbocycles. The van der Waals surface area contributed by atoms with Crippen molar-refractivity contribution < 1.29 is 4.74 Å². The van der Waals surface area contributed by atoms with Crippen LogP contribution in [0.1, 0.15) is 0 Å². The average Bonchev–Trinajstić information content (AvgIpc) is 2.37. The van der Waals surface area contributed by atoms with E-state index in [0.717, 1.165) is 20.9 Å². The Hall–Kier alpha value is -0.840. The summed E-state index contributed by atoms with van der Waals surface area (Å²) in [6, 6.07) is 13.3. The molecular formula is C14H13BrClNOS. The largest absolute Gasteiger partial charge is 0.493 e. The molecule has 0 fully saturated rings. The summed E-state index contributed by atoms with van der Waals surface area (Å²) in [5, 5.41) is 0.687. The molecule has 2 aromatic rings. The number of hydrogen-bond donors (Lipinski definition) is 1. The van der Waals surface area contributed by atoms with Gasteiger partial charge in [0.1, 0.15) is 5.75 Å². The zero-order valence-electron chi connectivity index (χ0n) is 10.1. The molecule has 0 aliphatic heterocycles. The Balaban J connectivity index is 1.81. The van der Waals surface area contributed by atoms with E-state index in [0.29, 0.717) is 17.3 Å². The van der Waals surface area contributed by atoms with Gasteiger partial charge in [-0.25, -0.2) is 0 Å². The highest BCUT2D eigenvalue weighted by molar-refractivity contribution is 9.10. The molecule has 2 rings (SSSR count). The molecule has 0 amide bonds. The van der Waals surface area contributed by atoms with Crippen molar-refractivity contribution in [2.24, 2.45) is 0 Å². The molecule has 0 saturated carbocycles. The molecule has 0 aromatic heterocycles. The summed E-state index contributed by atoms with van der Waals surface area (Å²) < 4.78 is 6.67. The van der Waals surface area contributed by atoms with Gasteiger partial charge < -0.3 is 10.5 Å². The number of nitrogens with two attached hydrogens (primary N) is 1. The summed E-state index contributed by atoms with van der Waals surface area (Å²) in [6.45, 7) is 0.627. The number of thioether (sulfide) groups is 1. The van der Waals surface area contributed by atoms with E-state index >= 15 is 0 Å². The van der Waals surface area contributed by atoms with Crippen LogP contribution in [0.4, 0.5) is 5.69 Å². The van der Waals surface area contributed by atoms with Crippen LogP contribution >= 0.6 is 39.3 Å². The molecule has 19 heavy (non-hydrogen) atoms. The van der Waals surface area contributed by atoms with Gasteiger partial charge in [-0.2, -0.15) is 0 Å². The Morgan fingerprint density at radius 2 is 2.05 bits per heavy atom. The molecule has 0 radical (unpaired) electrons. The maximum atomic E-state index is 6.10. The first-order valence-electron chi connectivity index (χ1n) is 5.71. The van der Waals surface area contributed by atoms with Crippen molar-refractivity contribution in [1.82, 2.24) is 0 Å². The number of benzene rings is 2. The topological polar surface area (TPSA) is 35.2 Å². The van der Waals surface area contributed by atoms with Gasteiger partial charge in [0.05, 0.1) is 11.6 Å². The Bertz CT molecular complexity index is 565. The Labute approximate surface area is 130 Å². The van der Waals surface area contributed by atoms with Crippen LogP contribution in [0.25, 0.3) is 0 Å². The number of ether oxygens (including phenoxy) is 1. The van der Waals surface area contributed by atoms with Crippen LogP contribution in [0.5, 0.6) is 5.75 Å². The number of anilines is 1. The predicted molar refractivity (Wildman–Crippen MR) is 86.2 cm³/mol. The van der Waals surface area contributed by atoms with Crippen LogP contribution in [0.15, 0.2) is 51.8 Å². The predicted octanol–water partition coefficient (Wildman–Crippen LogP) is 4.86. The monoisotopic (exact) mass is 357 g/mol. The van der Waals surface area contributed by atoms with Crippen molar-refractivity contribution in [3.8, 4) is 5.75 Å². The zero-order valence-corrected chi connectivity index (χ0v) is 13.3. The normalized spacial score (nSPS) is 10.4. The lowest BCUT2D eigenvalue weighted by Gasteiger charge is -2.07. The lowest BCUT2D eigenvalue weighted by molar-refractivity contribution is 0.344. The van der Waals surface area contributed by atoms with E-state index in [1.54, 1.807) is 17.8 Å². The second kappa shape index (κ2) is 7.08. The molecule has 0 atom stereocenters. The summed E-state index contributed by atoms with van der Waals surface area (Å²) >= 11 is 11.2. The third kappa shape index (κ3) is 4.64. The third-order valence-corrected chi connectivity index (χ3v) is 4.32. The van der Waals surface area contributed by atoms with E-state index < -0.39 is 0 Å². The summed E-state index contributed by atoms with van der Waals surface area (Å²) in [6.07, 6.45) is 0.